The molecule has 1 aliphatic rings. The van der Waals surface area contributed by atoms with E-state index in [9.17, 15) is 18.4 Å². The zero-order chi connectivity index (χ0) is 20.4. The highest BCUT2D eigenvalue weighted by atomic mass is 19.2. The molecule has 3 rings (SSSR count). The first-order valence-corrected chi connectivity index (χ1v) is 8.36. The van der Waals surface area contributed by atoms with E-state index in [-0.39, 0.29) is 30.0 Å². The highest BCUT2D eigenvalue weighted by molar-refractivity contribution is 5.94. The molecule has 3 amide bonds. The minimum atomic E-state index is -1.06. The van der Waals surface area contributed by atoms with Crippen molar-refractivity contribution in [3.8, 4) is 6.07 Å². The fraction of sp³-hybridized carbons (Fsp3) is 0.278. The Hall–Kier alpha value is -3.61. The average molecular weight is 386 g/mol. The maximum absolute atomic E-state index is 14.0. The van der Waals surface area contributed by atoms with Gasteiger partial charge in [0.2, 0.25) is 5.91 Å². The van der Waals surface area contributed by atoms with Crippen molar-refractivity contribution in [1.29, 1.82) is 5.26 Å². The molecule has 1 atom stereocenters. The van der Waals surface area contributed by atoms with Gasteiger partial charge in [0.05, 0.1) is 35.9 Å². The van der Waals surface area contributed by atoms with Crippen molar-refractivity contribution in [3.63, 3.8) is 0 Å². The van der Waals surface area contributed by atoms with Gasteiger partial charge in [-0.15, -0.1) is 0 Å². The maximum Gasteiger partial charge on any atom is 0.322 e. The van der Waals surface area contributed by atoms with Gasteiger partial charge < -0.3 is 15.5 Å². The normalized spacial score (nSPS) is 14.0. The summed E-state index contributed by atoms with van der Waals surface area (Å²) in [5.74, 6) is -2.59. The van der Waals surface area contributed by atoms with E-state index in [4.69, 9.17) is 5.26 Å². The van der Waals surface area contributed by atoms with E-state index < -0.39 is 29.6 Å². The molecule has 1 aromatic carbocycles. The minimum absolute atomic E-state index is 0.0192. The summed E-state index contributed by atoms with van der Waals surface area (Å²) >= 11 is 0. The number of carbonyl (C=O) groups excluding carboxylic acids is 2. The SMILES string of the molecule is Cc1nc(C#N)cnc1[C@H](C)NC(=O)CN1Cc2c(ccc(F)c2F)NC1=O. The lowest BCUT2D eigenvalue weighted by molar-refractivity contribution is -0.122. The van der Waals surface area contributed by atoms with Crippen molar-refractivity contribution >= 4 is 17.6 Å². The summed E-state index contributed by atoms with van der Waals surface area (Å²) < 4.78 is 27.4. The van der Waals surface area contributed by atoms with Gasteiger partial charge in [-0.1, -0.05) is 0 Å². The van der Waals surface area contributed by atoms with Crippen molar-refractivity contribution in [3.05, 3.63) is 52.6 Å². The number of carbonyl (C=O) groups is 2. The van der Waals surface area contributed by atoms with Gasteiger partial charge in [-0.2, -0.15) is 5.26 Å². The summed E-state index contributed by atoms with van der Waals surface area (Å²) in [5, 5.41) is 14.0. The van der Waals surface area contributed by atoms with Crippen LogP contribution in [0.3, 0.4) is 0 Å². The van der Waals surface area contributed by atoms with Crippen LogP contribution in [0.4, 0.5) is 19.3 Å². The fourth-order valence-electron chi connectivity index (χ4n) is 2.95. The summed E-state index contributed by atoms with van der Waals surface area (Å²) in [6.07, 6.45) is 1.30. The van der Waals surface area contributed by atoms with Gasteiger partial charge >= 0.3 is 6.03 Å². The molecular formula is C18H16F2N6O2. The Morgan fingerprint density at radius 3 is 2.89 bits per heavy atom. The van der Waals surface area contributed by atoms with Gasteiger partial charge in [-0.25, -0.2) is 18.6 Å². The van der Waals surface area contributed by atoms with Crippen LogP contribution in [0.25, 0.3) is 0 Å². The van der Waals surface area contributed by atoms with Gasteiger partial charge in [0, 0.05) is 5.56 Å². The predicted molar refractivity (Wildman–Crippen MR) is 93.8 cm³/mol. The number of hydrogen-bond acceptors (Lipinski definition) is 5. The molecule has 0 radical (unpaired) electrons. The van der Waals surface area contributed by atoms with Crippen LogP contribution in [0.15, 0.2) is 18.3 Å². The highest BCUT2D eigenvalue weighted by Crippen LogP contribution is 2.27. The van der Waals surface area contributed by atoms with Gasteiger partial charge in [-0.3, -0.25) is 9.78 Å². The number of fused-ring (bicyclic) bond motifs is 1. The van der Waals surface area contributed by atoms with E-state index in [1.165, 1.54) is 12.3 Å². The van der Waals surface area contributed by atoms with Crippen molar-refractivity contribution in [2.75, 3.05) is 11.9 Å². The first kappa shape index (κ1) is 19.2. The zero-order valence-corrected chi connectivity index (χ0v) is 15.1. The third-order valence-corrected chi connectivity index (χ3v) is 4.30. The second-order valence-corrected chi connectivity index (χ2v) is 6.30. The lowest BCUT2D eigenvalue weighted by Gasteiger charge is -2.29. The second kappa shape index (κ2) is 7.56. The topological polar surface area (TPSA) is 111 Å². The smallest absolute Gasteiger partial charge is 0.322 e. The minimum Gasteiger partial charge on any atom is -0.346 e. The summed E-state index contributed by atoms with van der Waals surface area (Å²) in [6.45, 7) is 2.76. The summed E-state index contributed by atoms with van der Waals surface area (Å²) in [6, 6.07) is 2.97. The first-order valence-electron chi connectivity index (χ1n) is 8.36. The van der Waals surface area contributed by atoms with Crippen LogP contribution >= 0.6 is 0 Å². The summed E-state index contributed by atoms with van der Waals surface area (Å²) in [4.78, 5) is 33.7. The Kier molecular flexibility index (Phi) is 5.17. The van der Waals surface area contributed by atoms with Crippen molar-refractivity contribution in [1.82, 2.24) is 20.2 Å². The van der Waals surface area contributed by atoms with E-state index >= 15 is 0 Å². The number of hydrogen-bond donors (Lipinski definition) is 2. The molecule has 10 heteroatoms. The van der Waals surface area contributed by atoms with Crippen LogP contribution in [-0.2, 0) is 11.3 Å². The zero-order valence-electron chi connectivity index (χ0n) is 15.1. The third-order valence-electron chi connectivity index (χ3n) is 4.30. The lowest BCUT2D eigenvalue weighted by atomic mass is 10.1. The molecule has 2 heterocycles. The summed E-state index contributed by atoms with van der Waals surface area (Å²) in [5.41, 5.74) is 1.30. The van der Waals surface area contributed by atoms with Gasteiger partial charge in [0.1, 0.15) is 12.6 Å². The fourth-order valence-corrected chi connectivity index (χ4v) is 2.95. The standard InChI is InChI=1S/C18H16F2N6O2/c1-9-17(22-6-11(5-21)23-9)10(2)24-15(27)8-26-7-12-14(25-18(26)28)4-3-13(19)16(12)20/h3-4,6,10H,7-8H2,1-2H3,(H,24,27)(H,25,28)/t10-/m0/s1. The Labute approximate surface area is 159 Å². The van der Waals surface area contributed by atoms with E-state index in [0.29, 0.717) is 11.4 Å². The van der Waals surface area contributed by atoms with Crippen LogP contribution in [0.1, 0.15) is 35.6 Å². The molecule has 0 saturated carbocycles. The van der Waals surface area contributed by atoms with Crippen molar-refractivity contribution in [2.45, 2.75) is 26.4 Å². The molecule has 0 unspecified atom stereocenters. The molecule has 28 heavy (non-hydrogen) atoms. The molecule has 0 bridgehead atoms. The molecule has 8 nitrogen and oxygen atoms in total. The Balaban J connectivity index is 1.68. The number of nitrogens with zero attached hydrogens (tertiary/aromatic N) is 4. The Morgan fingerprint density at radius 2 is 2.21 bits per heavy atom. The molecular weight excluding hydrogens is 370 g/mol. The van der Waals surface area contributed by atoms with Crippen LogP contribution < -0.4 is 10.6 Å². The number of urea groups is 1. The van der Waals surface area contributed by atoms with Crippen molar-refractivity contribution < 1.29 is 18.4 Å². The molecule has 0 fully saturated rings. The van der Waals surface area contributed by atoms with E-state index in [1.54, 1.807) is 13.8 Å². The van der Waals surface area contributed by atoms with Gasteiger partial charge in [0.25, 0.3) is 0 Å². The van der Waals surface area contributed by atoms with Crippen LogP contribution in [-0.4, -0.2) is 33.4 Å². The lowest BCUT2D eigenvalue weighted by Crippen LogP contribution is -2.45. The van der Waals surface area contributed by atoms with E-state index in [1.807, 2.05) is 6.07 Å². The highest BCUT2D eigenvalue weighted by Gasteiger charge is 2.28. The van der Waals surface area contributed by atoms with Gasteiger partial charge in [0.15, 0.2) is 17.3 Å². The Bertz CT molecular complexity index is 1000. The predicted octanol–water partition coefficient (Wildman–Crippen LogP) is 2.16. The number of anilines is 1. The quantitative estimate of drug-likeness (QED) is 0.837. The van der Waals surface area contributed by atoms with E-state index in [0.717, 1.165) is 11.0 Å². The van der Waals surface area contributed by atoms with Crippen LogP contribution in [0.5, 0.6) is 0 Å². The number of benzene rings is 1. The summed E-state index contributed by atoms with van der Waals surface area (Å²) in [7, 11) is 0. The number of halogens is 2. The largest absolute Gasteiger partial charge is 0.346 e. The van der Waals surface area contributed by atoms with Gasteiger partial charge in [-0.05, 0) is 26.0 Å². The van der Waals surface area contributed by atoms with Crippen LogP contribution in [0, 0.1) is 29.9 Å². The number of amides is 3. The molecule has 0 spiro atoms. The number of nitrogens with one attached hydrogen (secondary N) is 2. The molecule has 144 valence electrons. The number of aromatic nitrogens is 2. The second-order valence-electron chi connectivity index (χ2n) is 6.30. The molecule has 0 saturated heterocycles. The molecule has 2 aromatic rings. The first-order chi connectivity index (χ1) is 13.3. The van der Waals surface area contributed by atoms with Crippen molar-refractivity contribution in [2.24, 2.45) is 0 Å². The number of aryl methyl sites for hydroxylation is 1. The Morgan fingerprint density at radius 1 is 1.46 bits per heavy atom. The molecule has 2 N–H and O–H groups in total. The number of rotatable bonds is 4. The number of nitriles is 1. The molecule has 0 aliphatic carbocycles. The molecule has 1 aromatic heterocycles. The molecule has 1 aliphatic heterocycles. The van der Waals surface area contributed by atoms with Crippen LogP contribution in [0.2, 0.25) is 0 Å². The third kappa shape index (κ3) is 3.73. The maximum atomic E-state index is 14.0. The van der Waals surface area contributed by atoms with E-state index in [2.05, 4.69) is 20.6 Å². The monoisotopic (exact) mass is 386 g/mol. The average Bonchev–Trinajstić information content (AvgIpc) is 2.65.